The van der Waals surface area contributed by atoms with Crippen LogP contribution in [0.5, 0.6) is 0 Å². The number of H-pyrrole nitrogens is 1. The van der Waals surface area contributed by atoms with Gasteiger partial charge < -0.3 is 19.8 Å². The predicted octanol–water partition coefficient (Wildman–Crippen LogP) is 0.458. The number of pyridine rings is 1. The second-order valence-electron chi connectivity index (χ2n) is 7.12. The second-order valence-corrected chi connectivity index (χ2v) is 9.05. The quantitative estimate of drug-likeness (QED) is 0.724. The van der Waals surface area contributed by atoms with E-state index < -0.39 is 21.5 Å². The fourth-order valence-electron chi connectivity index (χ4n) is 3.62. The number of hydrogen-bond donors (Lipinski definition) is 2. The highest BCUT2D eigenvalue weighted by Gasteiger charge is 2.27. The number of hydrogen-bond acceptors (Lipinski definition) is 6. The van der Waals surface area contributed by atoms with Crippen LogP contribution in [0.1, 0.15) is 23.2 Å². The van der Waals surface area contributed by atoms with Gasteiger partial charge in [-0.1, -0.05) is 0 Å². The van der Waals surface area contributed by atoms with Gasteiger partial charge in [-0.2, -0.15) is 4.31 Å². The molecule has 1 atom stereocenters. The summed E-state index contributed by atoms with van der Waals surface area (Å²) in [5, 5.41) is 3.17. The fourth-order valence-corrected chi connectivity index (χ4v) is 5.06. The molecule has 2 aromatic rings. The molecule has 0 aliphatic carbocycles. The molecule has 9 nitrogen and oxygen atoms in total. The molecule has 1 unspecified atom stereocenters. The fraction of sp³-hybridized carbons (Fsp3) is 0.474. The van der Waals surface area contributed by atoms with Crippen molar-refractivity contribution in [3.63, 3.8) is 0 Å². The number of carbonyl (C=O) groups is 1. The molecule has 0 radical (unpaired) electrons. The van der Waals surface area contributed by atoms with E-state index in [2.05, 4.69) is 10.3 Å². The average Bonchev–Trinajstić information content (AvgIpc) is 3.25. The maximum atomic E-state index is 13.0. The molecule has 2 aliphatic rings. The van der Waals surface area contributed by atoms with E-state index in [0.29, 0.717) is 37.3 Å². The first kappa shape index (κ1) is 20.0. The molecule has 1 amide bonds. The van der Waals surface area contributed by atoms with Crippen LogP contribution in [0.3, 0.4) is 0 Å². The summed E-state index contributed by atoms with van der Waals surface area (Å²) < 4.78 is 38.0. The molecule has 1 aromatic heterocycles. The zero-order valence-electron chi connectivity index (χ0n) is 15.8. The number of morpholine rings is 1. The molecule has 10 heteroatoms. The molecule has 156 valence electrons. The second kappa shape index (κ2) is 8.23. The average molecular weight is 421 g/mol. The maximum Gasteiger partial charge on any atom is 0.252 e. The molecular formula is C19H23N3O6S. The van der Waals surface area contributed by atoms with E-state index in [-0.39, 0.29) is 29.7 Å². The van der Waals surface area contributed by atoms with Crippen LogP contribution in [0.25, 0.3) is 10.9 Å². The smallest absolute Gasteiger partial charge is 0.252 e. The van der Waals surface area contributed by atoms with E-state index >= 15 is 0 Å². The summed E-state index contributed by atoms with van der Waals surface area (Å²) in [6.45, 7) is 2.27. The number of sulfonamides is 1. The molecule has 2 N–H and O–H groups in total. The van der Waals surface area contributed by atoms with Gasteiger partial charge >= 0.3 is 0 Å². The molecule has 0 bridgehead atoms. The summed E-state index contributed by atoms with van der Waals surface area (Å²) >= 11 is 0. The van der Waals surface area contributed by atoms with E-state index in [4.69, 9.17) is 9.47 Å². The van der Waals surface area contributed by atoms with E-state index in [9.17, 15) is 18.0 Å². The number of nitrogens with one attached hydrogen (secondary N) is 2. The molecule has 2 aliphatic heterocycles. The van der Waals surface area contributed by atoms with Crippen molar-refractivity contribution in [1.82, 2.24) is 14.6 Å². The highest BCUT2D eigenvalue weighted by atomic mass is 32.2. The van der Waals surface area contributed by atoms with Crippen LogP contribution in [-0.4, -0.2) is 69.2 Å². The lowest BCUT2D eigenvalue weighted by atomic mass is 10.1. The third kappa shape index (κ3) is 4.20. The largest absolute Gasteiger partial charge is 0.379 e. The van der Waals surface area contributed by atoms with Crippen molar-refractivity contribution in [3.8, 4) is 0 Å². The van der Waals surface area contributed by atoms with Gasteiger partial charge in [0.15, 0.2) is 0 Å². The van der Waals surface area contributed by atoms with E-state index in [1.54, 1.807) is 0 Å². The molecule has 3 heterocycles. The first-order chi connectivity index (χ1) is 13.9. The molecule has 2 saturated heterocycles. The van der Waals surface area contributed by atoms with Crippen LogP contribution < -0.4 is 10.9 Å². The van der Waals surface area contributed by atoms with Gasteiger partial charge in [-0.25, -0.2) is 8.42 Å². The van der Waals surface area contributed by atoms with Crippen molar-refractivity contribution < 1.29 is 22.7 Å². The van der Waals surface area contributed by atoms with Gasteiger partial charge in [-0.15, -0.1) is 0 Å². The Morgan fingerprint density at radius 2 is 2.00 bits per heavy atom. The molecular weight excluding hydrogens is 398 g/mol. The number of carbonyl (C=O) groups excluding carboxylic acids is 1. The first-order valence-corrected chi connectivity index (χ1v) is 11.0. The Morgan fingerprint density at radius 3 is 2.72 bits per heavy atom. The molecule has 0 spiro atoms. The van der Waals surface area contributed by atoms with Gasteiger partial charge in [-0.05, 0) is 31.0 Å². The van der Waals surface area contributed by atoms with Crippen molar-refractivity contribution in [2.75, 3.05) is 39.5 Å². The van der Waals surface area contributed by atoms with Crippen molar-refractivity contribution in [2.24, 2.45) is 0 Å². The van der Waals surface area contributed by atoms with E-state index in [1.165, 1.54) is 28.6 Å². The lowest BCUT2D eigenvalue weighted by Crippen LogP contribution is -2.40. The van der Waals surface area contributed by atoms with Crippen LogP contribution in [0.15, 0.2) is 34.0 Å². The summed E-state index contributed by atoms with van der Waals surface area (Å²) in [5.74, 6) is -0.433. The molecule has 0 saturated carbocycles. The Hall–Kier alpha value is -2.27. The SMILES string of the molecule is O=C(NCC1CCCO1)c1cc(=O)[nH]c2ccc(S(=O)(=O)N3CCOCC3)cc12. The van der Waals surface area contributed by atoms with Gasteiger partial charge in [0.1, 0.15) is 0 Å². The Morgan fingerprint density at radius 1 is 1.21 bits per heavy atom. The monoisotopic (exact) mass is 421 g/mol. The Balaban J connectivity index is 1.67. The summed E-state index contributed by atoms with van der Waals surface area (Å²) in [7, 11) is -3.72. The predicted molar refractivity (Wildman–Crippen MR) is 105 cm³/mol. The van der Waals surface area contributed by atoms with Crippen molar-refractivity contribution >= 4 is 26.8 Å². The van der Waals surface area contributed by atoms with Crippen molar-refractivity contribution in [3.05, 3.63) is 40.2 Å². The zero-order chi connectivity index (χ0) is 20.4. The summed E-state index contributed by atoms with van der Waals surface area (Å²) in [6.07, 6.45) is 1.79. The summed E-state index contributed by atoms with van der Waals surface area (Å²) in [4.78, 5) is 27.5. The highest BCUT2D eigenvalue weighted by Crippen LogP contribution is 2.23. The Kier molecular flexibility index (Phi) is 5.68. The van der Waals surface area contributed by atoms with Gasteiger partial charge in [-0.3, -0.25) is 9.59 Å². The summed E-state index contributed by atoms with van der Waals surface area (Å²) in [5.41, 5.74) is 0.116. The number of nitrogens with zero attached hydrogens (tertiary/aromatic N) is 1. The third-order valence-electron chi connectivity index (χ3n) is 5.18. The van der Waals surface area contributed by atoms with Crippen LogP contribution in [0.2, 0.25) is 0 Å². The number of aromatic nitrogens is 1. The van der Waals surface area contributed by atoms with Gasteiger partial charge in [0, 0.05) is 43.2 Å². The third-order valence-corrected chi connectivity index (χ3v) is 7.08. The summed E-state index contributed by atoms with van der Waals surface area (Å²) in [6, 6.07) is 5.59. The van der Waals surface area contributed by atoms with Crippen LogP contribution in [0, 0.1) is 0 Å². The number of amides is 1. The van der Waals surface area contributed by atoms with Crippen LogP contribution in [0.4, 0.5) is 0 Å². The Bertz CT molecular complexity index is 1070. The molecule has 1 aromatic carbocycles. The number of ether oxygens (including phenoxy) is 2. The van der Waals surface area contributed by atoms with Crippen LogP contribution in [-0.2, 0) is 19.5 Å². The van der Waals surface area contributed by atoms with Crippen molar-refractivity contribution in [1.29, 1.82) is 0 Å². The topological polar surface area (TPSA) is 118 Å². The molecule has 29 heavy (non-hydrogen) atoms. The van der Waals surface area contributed by atoms with Crippen LogP contribution >= 0.6 is 0 Å². The van der Waals surface area contributed by atoms with Crippen molar-refractivity contribution in [2.45, 2.75) is 23.8 Å². The number of fused-ring (bicyclic) bond motifs is 1. The number of benzene rings is 1. The minimum absolute atomic E-state index is 0.0375. The lowest BCUT2D eigenvalue weighted by molar-refractivity contribution is 0.0730. The maximum absolute atomic E-state index is 13.0. The van der Waals surface area contributed by atoms with Gasteiger partial charge in [0.25, 0.3) is 5.91 Å². The standard InChI is InChI=1S/C19H23N3O6S/c23-18-11-16(19(24)20-12-13-2-1-7-28-13)15-10-14(3-4-17(15)21-18)29(25,26)22-5-8-27-9-6-22/h3-4,10-11,13H,1-2,5-9,12H2,(H,20,24)(H,21,23). The Labute approximate surface area is 168 Å². The molecule has 2 fully saturated rings. The minimum atomic E-state index is -3.72. The van der Waals surface area contributed by atoms with Gasteiger partial charge in [0.05, 0.1) is 29.8 Å². The normalized spacial score (nSPS) is 20.8. The van der Waals surface area contributed by atoms with E-state index in [0.717, 1.165) is 12.8 Å². The zero-order valence-corrected chi connectivity index (χ0v) is 16.7. The van der Waals surface area contributed by atoms with E-state index in [1.807, 2.05) is 0 Å². The highest BCUT2D eigenvalue weighted by molar-refractivity contribution is 7.89. The number of aromatic amines is 1. The number of rotatable bonds is 5. The molecule has 4 rings (SSSR count). The van der Waals surface area contributed by atoms with Gasteiger partial charge in [0.2, 0.25) is 15.6 Å². The first-order valence-electron chi connectivity index (χ1n) is 9.60. The lowest BCUT2D eigenvalue weighted by Gasteiger charge is -2.26. The minimum Gasteiger partial charge on any atom is -0.379 e.